The molecule has 1 aliphatic carbocycles. The predicted molar refractivity (Wildman–Crippen MR) is 121 cm³/mol. The first-order valence-corrected chi connectivity index (χ1v) is 12.1. The minimum atomic E-state index is -0.343. The molecule has 10 heteroatoms. The van der Waals surface area contributed by atoms with Crippen LogP contribution in [0.4, 0.5) is 5.13 Å². The van der Waals surface area contributed by atoms with E-state index in [1.54, 1.807) is 12.1 Å². The Hall–Kier alpha value is -2.33. The molecule has 31 heavy (non-hydrogen) atoms. The molecule has 2 heterocycles. The van der Waals surface area contributed by atoms with Crippen LogP contribution in [-0.4, -0.2) is 52.0 Å². The van der Waals surface area contributed by atoms with Gasteiger partial charge in [0.25, 0.3) is 5.91 Å². The van der Waals surface area contributed by atoms with Crippen molar-refractivity contribution in [2.45, 2.75) is 44.6 Å². The minimum Gasteiger partial charge on any atom is -0.352 e. The molecule has 2 fully saturated rings. The number of hydrogen-bond donors (Lipinski definition) is 2. The Morgan fingerprint density at radius 3 is 2.81 bits per heavy atom. The van der Waals surface area contributed by atoms with Crippen LogP contribution in [0.3, 0.4) is 0 Å². The Morgan fingerprint density at radius 2 is 2.03 bits per heavy atom. The summed E-state index contributed by atoms with van der Waals surface area (Å²) in [6.07, 6.45) is 5.17. The van der Waals surface area contributed by atoms with Crippen molar-refractivity contribution in [1.82, 2.24) is 20.4 Å². The number of amides is 3. The third-order valence-electron chi connectivity index (χ3n) is 5.70. The Balaban J connectivity index is 1.24. The summed E-state index contributed by atoms with van der Waals surface area (Å²) in [6, 6.07) is 7.48. The van der Waals surface area contributed by atoms with Crippen LogP contribution >= 0.6 is 27.3 Å². The van der Waals surface area contributed by atoms with E-state index in [0.29, 0.717) is 36.2 Å². The summed E-state index contributed by atoms with van der Waals surface area (Å²) in [7, 11) is 0. The van der Waals surface area contributed by atoms with Gasteiger partial charge in [-0.15, -0.1) is 10.2 Å². The highest BCUT2D eigenvalue weighted by Gasteiger charge is 2.38. The third kappa shape index (κ3) is 5.48. The molecule has 3 amide bonds. The quantitative estimate of drug-likeness (QED) is 0.601. The number of carbonyl (C=O) groups is 3. The maximum atomic E-state index is 12.6. The second-order valence-corrected chi connectivity index (χ2v) is 9.87. The number of nitrogens with one attached hydrogen (secondary N) is 2. The molecule has 164 valence electrons. The van der Waals surface area contributed by atoms with Crippen LogP contribution in [0.2, 0.25) is 0 Å². The molecule has 1 saturated heterocycles. The maximum Gasteiger partial charge on any atom is 0.251 e. The van der Waals surface area contributed by atoms with E-state index in [1.807, 2.05) is 17.0 Å². The first-order chi connectivity index (χ1) is 15.0. The lowest BCUT2D eigenvalue weighted by molar-refractivity contribution is -0.129. The highest BCUT2D eigenvalue weighted by atomic mass is 79.9. The lowest BCUT2D eigenvalue weighted by Gasteiger charge is -2.23. The van der Waals surface area contributed by atoms with Crippen molar-refractivity contribution in [3.05, 3.63) is 39.3 Å². The average Bonchev–Trinajstić information content (AvgIpc) is 3.49. The number of hydrogen-bond acceptors (Lipinski definition) is 6. The van der Waals surface area contributed by atoms with E-state index in [4.69, 9.17) is 0 Å². The summed E-state index contributed by atoms with van der Waals surface area (Å²) in [6.45, 7) is 0.907. The summed E-state index contributed by atoms with van der Waals surface area (Å²) >= 11 is 4.64. The van der Waals surface area contributed by atoms with Crippen LogP contribution < -0.4 is 10.6 Å². The lowest BCUT2D eigenvalue weighted by Crippen LogP contribution is -2.35. The smallest absolute Gasteiger partial charge is 0.251 e. The Morgan fingerprint density at radius 1 is 1.23 bits per heavy atom. The summed E-state index contributed by atoms with van der Waals surface area (Å²) < 4.78 is 0.847. The number of aromatic nitrogens is 2. The van der Waals surface area contributed by atoms with Gasteiger partial charge in [-0.25, -0.2) is 0 Å². The molecule has 1 aromatic heterocycles. The second kappa shape index (κ2) is 9.86. The summed E-state index contributed by atoms with van der Waals surface area (Å²) in [5, 5.41) is 14.9. The van der Waals surface area contributed by atoms with Gasteiger partial charge in [-0.2, -0.15) is 0 Å². The molecule has 1 unspecified atom stereocenters. The zero-order chi connectivity index (χ0) is 21.8. The molecule has 2 aromatic rings. The first kappa shape index (κ1) is 21.9. The van der Waals surface area contributed by atoms with Gasteiger partial charge < -0.3 is 15.5 Å². The summed E-state index contributed by atoms with van der Waals surface area (Å²) in [4.78, 5) is 39.0. The van der Waals surface area contributed by atoms with E-state index >= 15 is 0 Å². The van der Waals surface area contributed by atoms with Crippen LogP contribution in [0.15, 0.2) is 28.7 Å². The normalized spacial score (nSPS) is 19.1. The minimum absolute atomic E-state index is 0.0752. The summed E-state index contributed by atoms with van der Waals surface area (Å²) in [5.74, 6) is -0.604. The molecular weight excluding hydrogens is 482 g/mol. The van der Waals surface area contributed by atoms with Gasteiger partial charge in [0.05, 0.1) is 5.92 Å². The van der Waals surface area contributed by atoms with E-state index in [-0.39, 0.29) is 30.1 Å². The maximum absolute atomic E-state index is 12.6. The molecule has 0 bridgehead atoms. The topological polar surface area (TPSA) is 104 Å². The molecular formula is C21H24BrN5O3S. The van der Waals surface area contributed by atoms with Crippen LogP contribution in [-0.2, 0) is 16.0 Å². The van der Waals surface area contributed by atoms with Gasteiger partial charge >= 0.3 is 0 Å². The molecule has 1 aliphatic heterocycles. The zero-order valence-corrected chi connectivity index (χ0v) is 19.4. The predicted octanol–water partition coefficient (Wildman–Crippen LogP) is 3.00. The van der Waals surface area contributed by atoms with Crippen molar-refractivity contribution in [2.24, 2.45) is 5.92 Å². The van der Waals surface area contributed by atoms with Crippen LogP contribution in [0, 0.1) is 5.92 Å². The number of likely N-dealkylation sites (tertiary alicyclic amines) is 1. The molecule has 1 atom stereocenters. The number of carbonyl (C=O) groups excluding carboxylic acids is 3. The van der Waals surface area contributed by atoms with Crippen LogP contribution in [0.1, 0.15) is 47.5 Å². The Bertz CT molecular complexity index is 975. The van der Waals surface area contributed by atoms with E-state index < -0.39 is 0 Å². The Kier molecular flexibility index (Phi) is 6.96. The average molecular weight is 506 g/mol. The number of anilines is 1. The largest absolute Gasteiger partial charge is 0.352 e. The van der Waals surface area contributed by atoms with Gasteiger partial charge in [-0.1, -0.05) is 46.2 Å². The van der Waals surface area contributed by atoms with E-state index in [0.717, 1.165) is 35.2 Å². The Labute approximate surface area is 192 Å². The van der Waals surface area contributed by atoms with Crippen molar-refractivity contribution in [3.8, 4) is 0 Å². The highest BCUT2D eigenvalue weighted by molar-refractivity contribution is 9.10. The van der Waals surface area contributed by atoms with Gasteiger partial charge in [0, 0.05) is 42.0 Å². The van der Waals surface area contributed by atoms with Crippen molar-refractivity contribution in [2.75, 3.05) is 18.4 Å². The number of nitrogens with zero attached hydrogens (tertiary/aromatic N) is 3. The molecule has 8 nitrogen and oxygen atoms in total. The monoisotopic (exact) mass is 505 g/mol. The summed E-state index contributed by atoms with van der Waals surface area (Å²) in [5.41, 5.74) is 0.581. The molecule has 2 aliphatic rings. The molecule has 2 N–H and O–H groups in total. The third-order valence-corrected chi connectivity index (χ3v) is 7.09. The number of benzene rings is 1. The van der Waals surface area contributed by atoms with Crippen molar-refractivity contribution < 1.29 is 14.4 Å². The van der Waals surface area contributed by atoms with Gasteiger partial charge in [-0.3, -0.25) is 14.4 Å². The van der Waals surface area contributed by atoms with Gasteiger partial charge in [0.1, 0.15) is 5.01 Å². The van der Waals surface area contributed by atoms with Crippen molar-refractivity contribution in [3.63, 3.8) is 0 Å². The molecule has 1 saturated carbocycles. The fourth-order valence-corrected chi connectivity index (χ4v) is 5.24. The standard InChI is InChI=1S/C21H24BrN5O3S/c22-15-5-3-4-13(10-15)19(29)23-9-8-17-25-26-21(31-17)24-20(30)14-11-18(28)27(12-14)16-6-1-2-7-16/h3-5,10,14,16H,1-2,6-9,11-12H2,(H,23,29)(H,24,26,30). The molecule has 0 spiro atoms. The SMILES string of the molecule is O=C(NCCc1nnc(NC(=O)C2CC(=O)N(C3CCCC3)C2)s1)c1cccc(Br)c1. The zero-order valence-electron chi connectivity index (χ0n) is 17.0. The number of halogens is 1. The van der Waals surface area contributed by atoms with Crippen molar-refractivity contribution in [1.29, 1.82) is 0 Å². The fourth-order valence-electron chi connectivity index (χ4n) is 4.10. The van der Waals surface area contributed by atoms with Crippen LogP contribution in [0.5, 0.6) is 0 Å². The fraction of sp³-hybridized carbons (Fsp3) is 0.476. The van der Waals surface area contributed by atoms with Gasteiger partial charge in [-0.05, 0) is 31.0 Å². The first-order valence-electron chi connectivity index (χ1n) is 10.5. The van der Waals surface area contributed by atoms with E-state index in [2.05, 4.69) is 36.8 Å². The van der Waals surface area contributed by atoms with Crippen LogP contribution in [0.25, 0.3) is 0 Å². The highest BCUT2D eigenvalue weighted by Crippen LogP contribution is 2.30. The van der Waals surface area contributed by atoms with E-state index in [1.165, 1.54) is 11.3 Å². The second-order valence-electron chi connectivity index (χ2n) is 7.89. The van der Waals surface area contributed by atoms with E-state index in [9.17, 15) is 14.4 Å². The van der Waals surface area contributed by atoms with Crippen molar-refractivity contribution >= 4 is 50.1 Å². The molecule has 1 aromatic carbocycles. The van der Waals surface area contributed by atoms with Gasteiger partial charge in [0.15, 0.2) is 0 Å². The molecule has 0 radical (unpaired) electrons. The lowest BCUT2D eigenvalue weighted by atomic mass is 10.1. The number of rotatable bonds is 7. The van der Waals surface area contributed by atoms with Gasteiger partial charge in [0.2, 0.25) is 16.9 Å². The molecule has 4 rings (SSSR count).